The van der Waals surface area contributed by atoms with Gasteiger partial charge in [0, 0.05) is 19.3 Å². The largest absolute Gasteiger partial charge is 0.308 e. The highest BCUT2D eigenvalue weighted by Crippen LogP contribution is 1.96. The fraction of sp³-hybridized carbons (Fsp3) is 0.583. The van der Waals surface area contributed by atoms with Gasteiger partial charge in [0.1, 0.15) is 12.2 Å². The van der Waals surface area contributed by atoms with Crippen LogP contribution in [-0.2, 0) is 19.6 Å². The maximum absolute atomic E-state index is 4.25. The van der Waals surface area contributed by atoms with Crippen molar-refractivity contribution in [1.29, 1.82) is 0 Å². The lowest BCUT2D eigenvalue weighted by atomic mass is 10.4. The second kappa shape index (κ2) is 6.30. The van der Waals surface area contributed by atoms with Crippen LogP contribution in [0.15, 0.2) is 18.7 Å². The molecule has 0 unspecified atom stereocenters. The summed E-state index contributed by atoms with van der Waals surface area (Å²) in [5, 5.41) is 11.8. The van der Waals surface area contributed by atoms with Crippen molar-refractivity contribution in [1.82, 2.24) is 29.9 Å². The Morgan fingerprint density at radius 3 is 2.89 bits per heavy atom. The average Bonchev–Trinajstić information content (AvgIpc) is 2.95. The van der Waals surface area contributed by atoms with Gasteiger partial charge in [0.05, 0.1) is 19.3 Å². The molecule has 2 aromatic rings. The van der Waals surface area contributed by atoms with Gasteiger partial charge < -0.3 is 5.32 Å². The molecule has 0 saturated carbocycles. The van der Waals surface area contributed by atoms with Crippen molar-refractivity contribution < 1.29 is 0 Å². The SMILES string of the molecule is CCCn1ncnc1CNCCn1cc(C)cn1. The van der Waals surface area contributed by atoms with Gasteiger partial charge in [-0.3, -0.25) is 4.68 Å². The van der Waals surface area contributed by atoms with Gasteiger partial charge in [-0.1, -0.05) is 6.92 Å². The Morgan fingerprint density at radius 1 is 1.28 bits per heavy atom. The summed E-state index contributed by atoms with van der Waals surface area (Å²) in [4.78, 5) is 4.25. The van der Waals surface area contributed by atoms with Crippen molar-refractivity contribution in [2.75, 3.05) is 6.54 Å². The Kier molecular flexibility index (Phi) is 4.46. The highest BCUT2D eigenvalue weighted by atomic mass is 15.3. The number of aromatic nitrogens is 5. The zero-order valence-electron chi connectivity index (χ0n) is 11.0. The third-order valence-corrected chi connectivity index (χ3v) is 2.69. The number of hydrogen-bond donors (Lipinski definition) is 1. The summed E-state index contributed by atoms with van der Waals surface area (Å²) in [5.74, 6) is 0.994. The van der Waals surface area contributed by atoms with Crippen molar-refractivity contribution in [2.24, 2.45) is 0 Å². The quantitative estimate of drug-likeness (QED) is 0.742. The summed E-state index contributed by atoms with van der Waals surface area (Å²) in [6.45, 7) is 7.61. The lowest BCUT2D eigenvalue weighted by Gasteiger charge is -2.06. The van der Waals surface area contributed by atoms with Crippen LogP contribution in [0.3, 0.4) is 0 Å². The Balaban J connectivity index is 1.73. The monoisotopic (exact) mass is 248 g/mol. The molecule has 0 aliphatic rings. The van der Waals surface area contributed by atoms with Crippen LogP contribution in [0.5, 0.6) is 0 Å². The molecule has 0 amide bonds. The zero-order chi connectivity index (χ0) is 12.8. The predicted octanol–water partition coefficient (Wildman–Crippen LogP) is 0.983. The summed E-state index contributed by atoms with van der Waals surface area (Å²) in [7, 11) is 0. The van der Waals surface area contributed by atoms with Gasteiger partial charge in [0.2, 0.25) is 0 Å². The summed E-state index contributed by atoms with van der Waals surface area (Å²) >= 11 is 0. The fourth-order valence-corrected chi connectivity index (χ4v) is 1.81. The molecule has 0 aliphatic carbocycles. The van der Waals surface area contributed by atoms with Gasteiger partial charge in [-0.2, -0.15) is 10.2 Å². The van der Waals surface area contributed by atoms with Crippen LogP contribution in [0.2, 0.25) is 0 Å². The molecule has 0 atom stereocenters. The molecule has 6 nitrogen and oxygen atoms in total. The molecule has 18 heavy (non-hydrogen) atoms. The first-order valence-electron chi connectivity index (χ1n) is 6.36. The smallest absolute Gasteiger partial charge is 0.140 e. The molecule has 2 heterocycles. The van der Waals surface area contributed by atoms with Gasteiger partial charge >= 0.3 is 0 Å². The minimum atomic E-state index is 0.750. The second-order valence-electron chi connectivity index (χ2n) is 4.36. The van der Waals surface area contributed by atoms with Crippen molar-refractivity contribution in [2.45, 2.75) is 39.9 Å². The summed E-state index contributed by atoms with van der Waals surface area (Å²) in [5.41, 5.74) is 1.19. The van der Waals surface area contributed by atoms with Crippen LogP contribution in [0.25, 0.3) is 0 Å². The minimum absolute atomic E-state index is 0.750. The molecule has 6 heteroatoms. The topological polar surface area (TPSA) is 60.6 Å². The van der Waals surface area contributed by atoms with Crippen molar-refractivity contribution in [3.05, 3.63) is 30.1 Å². The summed E-state index contributed by atoms with van der Waals surface area (Å²) in [6.07, 6.45) is 6.60. The molecule has 0 aliphatic heterocycles. The molecular formula is C12H20N6. The van der Waals surface area contributed by atoms with E-state index >= 15 is 0 Å². The van der Waals surface area contributed by atoms with Gasteiger partial charge in [0.15, 0.2) is 0 Å². The third-order valence-electron chi connectivity index (χ3n) is 2.69. The summed E-state index contributed by atoms with van der Waals surface area (Å²) in [6, 6.07) is 0. The molecule has 1 N–H and O–H groups in total. The van der Waals surface area contributed by atoms with Gasteiger partial charge in [-0.05, 0) is 18.9 Å². The molecule has 0 radical (unpaired) electrons. The van der Waals surface area contributed by atoms with E-state index in [0.717, 1.165) is 38.4 Å². The minimum Gasteiger partial charge on any atom is -0.308 e. The molecule has 0 aromatic carbocycles. The third kappa shape index (κ3) is 3.40. The van der Waals surface area contributed by atoms with Crippen LogP contribution in [0, 0.1) is 6.92 Å². The van der Waals surface area contributed by atoms with Gasteiger partial charge in [-0.25, -0.2) is 9.67 Å². The van der Waals surface area contributed by atoms with Crippen molar-refractivity contribution in [3.8, 4) is 0 Å². The standard InChI is InChI=1S/C12H20N6/c1-3-5-18-12(14-10-16-18)8-13-4-6-17-9-11(2)7-15-17/h7,9-10,13H,3-6,8H2,1-2H3. The molecular weight excluding hydrogens is 228 g/mol. The number of hydrogen-bond acceptors (Lipinski definition) is 4. The Bertz CT molecular complexity index is 472. The van der Waals surface area contributed by atoms with Crippen LogP contribution in [0.4, 0.5) is 0 Å². The normalized spacial score (nSPS) is 11.0. The van der Waals surface area contributed by atoms with E-state index < -0.39 is 0 Å². The van der Waals surface area contributed by atoms with E-state index in [2.05, 4.69) is 27.4 Å². The number of nitrogens with one attached hydrogen (secondary N) is 1. The molecule has 0 spiro atoms. The van der Waals surface area contributed by atoms with E-state index in [-0.39, 0.29) is 0 Å². The van der Waals surface area contributed by atoms with Crippen molar-refractivity contribution in [3.63, 3.8) is 0 Å². The first-order chi connectivity index (χ1) is 8.79. The van der Waals surface area contributed by atoms with Crippen LogP contribution in [-0.4, -0.2) is 31.1 Å². The highest BCUT2D eigenvalue weighted by molar-refractivity contribution is 4.99. The molecule has 98 valence electrons. The maximum atomic E-state index is 4.25. The van der Waals surface area contributed by atoms with Gasteiger partial charge in [-0.15, -0.1) is 0 Å². The molecule has 0 bridgehead atoms. The zero-order valence-corrected chi connectivity index (χ0v) is 11.0. The van der Waals surface area contributed by atoms with Crippen LogP contribution in [0.1, 0.15) is 24.7 Å². The number of aryl methyl sites for hydroxylation is 2. The predicted molar refractivity (Wildman–Crippen MR) is 69.0 cm³/mol. The van der Waals surface area contributed by atoms with Crippen LogP contribution >= 0.6 is 0 Å². The van der Waals surface area contributed by atoms with E-state index in [9.17, 15) is 0 Å². The highest BCUT2D eigenvalue weighted by Gasteiger charge is 2.02. The van der Waals surface area contributed by atoms with Crippen LogP contribution < -0.4 is 5.32 Å². The maximum Gasteiger partial charge on any atom is 0.140 e. The lowest BCUT2D eigenvalue weighted by Crippen LogP contribution is -2.22. The Labute approximate surface area is 107 Å². The van der Waals surface area contributed by atoms with E-state index in [1.165, 1.54) is 5.56 Å². The van der Waals surface area contributed by atoms with Crippen molar-refractivity contribution >= 4 is 0 Å². The van der Waals surface area contributed by atoms with E-state index in [4.69, 9.17) is 0 Å². The molecule has 2 rings (SSSR count). The molecule has 0 fully saturated rings. The fourth-order valence-electron chi connectivity index (χ4n) is 1.81. The lowest BCUT2D eigenvalue weighted by molar-refractivity contribution is 0.515. The molecule has 0 saturated heterocycles. The van der Waals surface area contributed by atoms with E-state index in [1.54, 1.807) is 6.33 Å². The molecule has 2 aromatic heterocycles. The Hall–Kier alpha value is -1.69. The first kappa shape index (κ1) is 12.8. The number of rotatable bonds is 7. The number of nitrogens with zero attached hydrogens (tertiary/aromatic N) is 5. The second-order valence-corrected chi connectivity index (χ2v) is 4.36. The van der Waals surface area contributed by atoms with E-state index in [0.29, 0.717) is 0 Å². The van der Waals surface area contributed by atoms with Gasteiger partial charge in [0.25, 0.3) is 0 Å². The Morgan fingerprint density at radius 2 is 2.17 bits per heavy atom. The van der Waals surface area contributed by atoms with E-state index in [1.807, 2.05) is 28.7 Å². The summed E-state index contributed by atoms with van der Waals surface area (Å²) < 4.78 is 3.89. The average molecular weight is 248 g/mol. The first-order valence-corrected chi connectivity index (χ1v) is 6.36.